The predicted molar refractivity (Wildman–Crippen MR) is 91.4 cm³/mol. The Morgan fingerprint density at radius 2 is 1.71 bits per heavy atom. The highest BCUT2D eigenvalue weighted by Crippen LogP contribution is 2.38. The van der Waals surface area contributed by atoms with E-state index >= 15 is 0 Å². The summed E-state index contributed by atoms with van der Waals surface area (Å²) in [6.45, 7) is 0.249. The number of carbonyl (C=O) groups excluding carboxylic acids is 1. The number of amides is 1. The molecule has 5 nitrogen and oxygen atoms in total. The third-order valence-corrected chi connectivity index (χ3v) is 4.01. The van der Waals surface area contributed by atoms with Gasteiger partial charge in [0.1, 0.15) is 5.82 Å². The second-order valence-electron chi connectivity index (χ2n) is 4.84. The fraction of sp³-hybridized carbons (Fsp3) is 0.235. The molecule has 0 fully saturated rings. The molecule has 2 aromatic rings. The molecule has 0 aliphatic heterocycles. The summed E-state index contributed by atoms with van der Waals surface area (Å²) in [5.41, 5.74) is 1.12. The van der Waals surface area contributed by atoms with E-state index in [-0.39, 0.29) is 12.5 Å². The summed E-state index contributed by atoms with van der Waals surface area (Å²) in [6, 6.07) is 7.40. The van der Waals surface area contributed by atoms with Crippen LogP contribution in [0.5, 0.6) is 17.2 Å². The van der Waals surface area contributed by atoms with Crippen molar-refractivity contribution in [3.8, 4) is 17.2 Å². The predicted octanol–water partition coefficient (Wildman–Crippen LogP) is 3.54. The maximum Gasteiger partial charge on any atom is 0.252 e. The maximum absolute atomic E-state index is 13.1. The highest BCUT2D eigenvalue weighted by Gasteiger charge is 2.15. The Labute approximate surface area is 147 Å². The van der Waals surface area contributed by atoms with E-state index in [4.69, 9.17) is 14.2 Å². The van der Waals surface area contributed by atoms with Crippen molar-refractivity contribution in [3.63, 3.8) is 0 Å². The number of ether oxygens (including phenoxy) is 3. The van der Waals surface area contributed by atoms with Gasteiger partial charge in [-0.25, -0.2) is 4.39 Å². The van der Waals surface area contributed by atoms with Crippen LogP contribution in [-0.2, 0) is 6.54 Å². The van der Waals surface area contributed by atoms with Gasteiger partial charge in [-0.15, -0.1) is 0 Å². The van der Waals surface area contributed by atoms with Gasteiger partial charge in [0.05, 0.1) is 26.9 Å². The van der Waals surface area contributed by atoms with Gasteiger partial charge in [0, 0.05) is 11.0 Å². The Hall–Kier alpha value is -2.28. The fourth-order valence-corrected chi connectivity index (χ4v) is 2.72. The Kier molecular flexibility index (Phi) is 6.03. The molecule has 0 bridgehead atoms. The molecule has 0 radical (unpaired) electrons. The molecule has 0 aliphatic rings. The van der Waals surface area contributed by atoms with Gasteiger partial charge in [-0.05, 0) is 51.8 Å². The van der Waals surface area contributed by atoms with Gasteiger partial charge in [-0.3, -0.25) is 4.79 Å². The second kappa shape index (κ2) is 8.01. The topological polar surface area (TPSA) is 56.8 Å². The van der Waals surface area contributed by atoms with Crippen molar-refractivity contribution in [1.29, 1.82) is 0 Å². The summed E-state index contributed by atoms with van der Waals surface area (Å²) < 4.78 is 29.3. The van der Waals surface area contributed by atoms with E-state index in [0.717, 1.165) is 5.56 Å². The minimum Gasteiger partial charge on any atom is -0.493 e. The van der Waals surface area contributed by atoms with E-state index in [0.29, 0.717) is 27.3 Å². The van der Waals surface area contributed by atoms with Gasteiger partial charge in [0.2, 0.25) is 5.75 Å². The molecular weight excluding hydrogens is 381 g/mol. The smallest absolute Gasteiger partial charge is 0.252 e. The van der Waals surface area contributed by atoms with Crippen LogP contribution in [0.15, 0.2) is 34.8 Å². The zero-order valence-electron chi connectivity index (χ0n) is 13.5. The van der Waals surface area contributed by atoms with Gasteiger partial charge < -0.3 is 19.5 Å². The lowest BCUT2D eigenvalue weighted by Gasteiger charge is -2.14. The van der Waals surface area contributed by atoms with Crippen LogP contribution < -0.4 is 19.5 Å². The minimum absolute atomic E-state index is 0.249. The van der Waals surface area contributed by atoms with Gasteiger partial charge in [-0.2, -0.15) is 0 Å². The average Bonchev–Trinajstić information content (AvgIpc) is 2.58. The van der Waals surface area contributed by atoms with Gasteiger partial charge in [-0.1, -0.05) is 0 Å². The quantitative estimate of drug-likeness (QED) is 0.809. The third kappa shape index (κ3) is 3.97. The van der Waals surface area contributed by atoms with E-state index in [1.165, 1.54) is 39.5 Å². The van der Waals surface area contributed by atoms with Gasteiger partial charge in [0.25, 0.3) is 5.91 Å². The number of carbonyl (C=O) groups is 1. The monoisotopic (exact) mass is 397 g/mol. The van der Waals surface area contributed by atoms with Crippen LogP contribution in [0.3, 0.4) is 0 Å². The molecule has 24 heavy (non-hydrogen) atoms. The Morgan fingerprint density at radius 1 is 1.08 bits per heavy atom. The third-order valence-electron chi connectivity index (χ3n) is 3.35. The van der Waals surface area contributed by atoms with Crippen LogP contribution in [0.1, 0.15) is 15.9 Å². The zero-order valence-corrected chi connectivity index (χ0v) is 15.1. The lowest BCUT2D eigenvalue weighted by molar-refractivity contribution is 0.0950. The molecule has 0 spiro atoms. The first-order chi connectivity index (χ1) is 11.5. The number of benzene rings is 2. The van der Waals surface area contributed by atoms with E-state index in [1.54, 1.807) is 12.1 Å². The molecule has 0 aliphatic carbocycles. The van der Waals surface area contributed by atoms with E-state index < -0.39 is 5.82 Å². The van der Waals surface area contributed by atoms with Crippen LogP contribution in [-0.4, -0.2) is 27.2 Å². The maximum atomic E-state index is 13.1. The summed E-state index contributed by atoms with van der Waals surface area (Å²) in [4.78, 5) is 12.2. The molecule has 128 valence electrons. The Bertz CT molecular complexity index is 726. The molecule has 0 unspecified atom stereocenters. The van der Waals surface area contributed by atoms with E-state index in [9.17, 15) is 9.18 Å². The Morgan fingerprint density at radius 3 is 2.21 bits per heavy atom. The van der Waals surface area contributed by atoms with Crippen molar-refractivity contribution in [2.75, 3.05) is 21.3 Å². The standard InChI is InChI=1S/C17H17BrFNO4/c1-22-14-6-10(7-15(23-2)16(14)24-3)9-20-17(21)12-5-4-11(19)8-13(12)18/h4-8H,9H2,1-3H3,(H,20,21). The van der Waals surface area contributed by atoms with Crippen LogP contribution >= 0.6 is 15.9 Å². The van der Waals surface area contributed by atoms with Crippen LogP contribution in [0, 0.1) is 5.82 Å². The number of nitrogens with one attached hydrogen (secondary N) is 1. The largest absolute Gasteiger partial charge is 0.493 e. The first-order valence-electron chi connectivity index (χ1n) is 7.02. The molecule has 1 N–H and O–H groups in total. The minimum atomic E-state index is -0.414. The molecule has 0 saturated carbocycles. The fourth-order valence-electron chi connectivity index (χ4n) is 2.19. The molecule has 1 amide bonds. The molecule has 7 heteroatoms. The van der Waals surface area contributed by atoms with E-state index in [1.807, 2.05) is 0 Å². The first kappa shape index (κ1) is 18.1. The Balaban J connectivity index is 2.18. The molecule has 0 aromatic heterocycles. The number of halogens is 2. The summed E-state index contributed by atoms with van der Waals surface area (Å²) >= 11 is 3.18. The van der Waals surface area contributed by atoms with Crippen LogP contribution in [0.25, 0.3) is 0 Å². The molecule has 0 saturated heterocycles. The van der Waals surface area contributed by atoms with Crippen molar-refractivity contribution < 1.29 is 23.4 Å². The molecule has 2 rings (SSSR count). The lowest BCUT2D eigenvalue weighted by atomic mass is 10.1. The SMILES string of the molecule is COc1cc(CNC(=O)c2ccc(F)cc2Br)cc(OC)c1OC. The van der Waals surface area contributed by atoms with Crippen molar-refractivity contribution in [3.05, 3.63) is 51.7 Å². The van der Waals surface area contributed by atoms with Gasteiger partial charge in [0.15, 0.2) is 11.5 Å². The average molecular weight is 398 g/mol. The molecule has 0 heterocycles. The summed E-state index contributed by atoms with van der Waals surface area (Å²) in [7, 11) is 4.57. The van der Waals surface area contributed by atoms with Crippen molar-refractivity contribution in [1.82, 2.24) is 5.32 Å². The summed E-state index contributed by atoms with van der Waals surface area (Å²) in [6.07, 6.45) is 0. The van der Waals surface area contributed by atoms with Crippen molar-refractivity contribution >= 4 is 21.8 Å². The second-order valence-corrected chi connectivity index (χ2v) is 5.69. The van der Waals surface area contributed by atoms with Gasteiger partial charge >= 0.3 is 0 Å². The zero-order chi connectivity index (χ0) is 17.7. The summed E-state index contributed by atoms with van der Waals surface area (Å²) in [5.74, 6) is 0.753. The van der Waals surface area contributed by atoms with Crippen LogP contribution in [0.4, 0.5) is 4.39 Å². The molecule has 2 aromatic carbocycles. The molecule has 0 atom stereocenters. The number of methoxy groups -OCH3 is 3. The van der Waals surface area contributed by atoms with Crippen molar-refractivity contribution in [2.24, 2.45) is 0 Å². The number of hydrogen-bond donors (Lipinski definition) is 1. The highest BCUT2D eigenvalue weighted by molar-refractivity contribution is 9.10. The molecular formula is C17H17BrFNO4. The highest BCUT2D eigenvalue weighted by atomic mass is 79.9. The first-order valence-corrected chi connectivity index (χ1v) is 7.81. The summed E-state index contributed by atoms with van der Waals surface area (Å²) in [5, 5.41) is 2.77. The normalized spacial score (nSPS) is 10.2. The lowest BCUT2D eigenvalue weighted by Crippen LogP contribution is -2.23. The number of hydrogen-bond acceptors (Lipinski definition) is 4. The van der Waals surface area contributed by atoms with Crippen LogP contribution in [0.2, 0.25) is 0 Å². The van der Waals surface area contributed by atoms with Crippen molar-refractivity contribution in [2.45, 2.75) is 6.54 Å². The van der Waals surface area contributed by atoms with E-state index in [2.05, 4.69) is 21.2 Å². The number of rotatable bonds is 6.